The van der Waals surface area contributed by atoms with Crippen molar-refractivity contribution in [3.63, 3.8) is 0 Å². The van der Waals surface area contributed by atoms with Crippen molar-refractivity contribution in [2.45, 2.75) is 24.3 Å². The Hall–Kier alpha value is -1.52. The summed E-state index contributed by atoms with van der Waals surface area (Å²) in [5.74, 6) is -1.09. The highest BCUT2D eigenvalue weighted by Gasteiger charge is 2.28. The summed E-state index contributed by atoms with van der Waals surface area (Å²) in [5, 5.41) is 8.69. The molecule has 1 rings (SSSR count). The van der Waals surface area contributed by atoms with Gasteiger partial charge in [0, 0.05) is 6.20 Å². The van der Waals surface area contributed by atoms with Crippen LogP contribution in [0.1, 0.15) is 13.8 Å². The third-order valence-electron chi connectivity index (χ3n) is 1.68. The van der Waals surface area contributed by atoms with Gasteiger partial charge in [-0.05, 0) is 26.0 Å². The highest BCUT2D eigenvalue weighted by Crippen LogP contribution is 2.14. The lowest BCUT2D eigenvalue weighted by Gasteiger charge is -2.17. The molecule has 1 aromatic rings. The molecule has 0 aromatic carbocycles. The molecule has 0 atom stereocenters. The van der Waals surface area contributed by atoms with E-state index in [-0.39, 0.29) is 0 Å². The smallest absolute Gasteiger partial charge is 0.227 e. The first kappa shape index (κ1) is 12.5. The second-order valence-corrected chi connectivity index (χ2v) is 5.29. The maximum absolute atomic E-state index is 13.2. The molecule has 0 saturated carbocycles. The van der Waals surface area contributed by atoms with Crippen LogP contribution < -0.4 is 4.72 Å². The molecule has 1 aromatic heterocycles. The number of hydrogen-bond acceptors (Lipinski definition) is 4. The molecule has 0 amide bonds. The molecule has 0 aliphatic carbocycles. The Morgan fingerprint density at radius 3 is 2.69 bits per heavy atom. The molecular formula is C9H10FN3O2S. The number of halogens is 1. The van der Waals surface area contributed by atoms with E-state index >= 15 is 0 Å². The Morgan fingerprint density at radius 2 is 2.19 bits per heavy atom. The van der Waals surface area contributed by atoms with E-state index in [1.54, 1.807) is 6.07 Å². The minimum absolute atomic E-state index is 0.571. The number of hydrogen-bond donors (Lipinski definition) is 1. The fraction of sp³-hybridized carbons (Fsp3) is 0.333. The van der Waals surface area contributed by atoms with Crippen molar-refractivity contribution in [2.75, 3.05) is 0 Å². The van der Waals surface area contributed by atoms with Gasteiger partial charge in [-0.25, -0.2) is 13.4 Å². The van der Waals surface area contributed by atoms with E-state index in [0.29, 0.717) is 0 Å². The third-order valence-corrected chi connectivity index (χ3v) is 3.35. The van der Waals surface area contributed by atoms with Gasteiger partial charge in [0.05, 0.1) is 6.07 Å². The normalized spacial score (nSPS) is 12.1. The van der Waals surface area contributed by atoms with Crippen molar-refractivity contribution in [1.29, 1.82) is 5.26 Å². The van der Waals surface area contributed by atoms with Gasteiger partial charge in [-0.3, -0.25) is 0 Å². The van der Waals surface area contributed by atoms with Crippen LogP contribution in [0.3, 0.4) is 0 Å². The molecule has 0 unspecified atom stereocenters. The Morgan fingerprint density at radius 1 is 1.56 bits per heavy atom. The zero-order valence-corrected chi connectivity index (χ0v) is 9.55. The molecular weight excluding hydrogens is 233 g/mol. The number of nitriles is 1. The van der Waals surface area contributed by atoms with E-state index in [0.717, 1.165) is 12.3 Å². The summed E-state index contributed by atoms with van der Waals surface area (Å²) in [6.45, 7) is 2.75. The average molecular weight is 243 g/mol. The van der Waals surface area contributed by atoms with Crippen molar-refractivity contribution >= 4 is 10.0 Å². The number of rotatable bonds is 3. The lowest BCUT2D eigenvalue weighted by molar-refractivity contribution is 0.512. The van der Waals surface area contributed by atoms with E-state index in [4.69, 9.17) is 5.26 Å². The van der Waals surface area contributed by atoms with Crippen LogP contribution >= 0.6 is 0 Å². The summed E-state index contributed by atoms with van der Waals surface area (Å²) in [5.41, 5.74) is -1.30. The molecule has 0 saturated heterocycles. The van der Waals surface area contributed by atoms with E-state index in [9.17, 15) is 12.8 Å². The molecule has 1 heterocycles. The molecule has 0 radical (unpaired) electrons. The first-order valence-corrected chi connectivity index (χ1v) is 5.82. The molecule has 0 aliphatic rings. The zero-order chi connectivity index (χ0) is 12.4. The van der Waals surface area contributed by atoms with E-state index in [2.05, 4.69) is 9.71 Å². The van der Waals surface area contributed by atoms with Gasteiger partial charge in [0.2, 0.25) is 16.0 Å². The fourth-order valence-corrected chi connectivity index (χ4v) is 2.35. The number of sulfonamides is 1. The topological polar surface area (TPSA) is 82.9 Å². The van der Waals surface area contributed by atoms with Crippen LogP contribution in [0.15, 0.2) is 23.2 Å². The summed E-state index contributed by atoms with van der Waals surface area (Å²) in [4.78, 5) is 2.66. The van der Waals surface area contributed by atoms with Gasteiger partial charge in [-0.1, -0.05) is 0 Å². The van der Waals surface area contributed by atoms with Crippen molar-refractivity contribution in [3.05, 3.63) is 24.3 Å². The lowest BCUT2D eigenvalue weighted by Crippen LogP contribution is -2.42. The minimum Gasteiger partial charge on any atom is -0.227 e. The van der Waals surface area contributed by atoms with Gasteiger partial charge >= 0.3 is 0 Å². The lowest BCUT2D eigenvalue weighted by atomic mass is 10.1. The second kappa shape index (κ2) is 4.15. The highest BCUT2D eigenvalue weighted by molar-refractivity contribution is 7.89. The van der Waals surface area contributed by atoms with Crippen molar-refractivity contribution < 1.29 is 12.8 Å². The van der Waals surface area contributed by atoms with Gasteiger partial charge < -0.3 is 0 Å². The number of aromatic nitrogens is 1. The Kier molecular flexibility index (Phi) is 3.26. The Bertz CT molecular complexity index is 534. The van der Waals surface area contributed by atoms with Crippen LogP contribution in [-0.2, 0) is 10.0 Å². The predicted octanol–water partition coefficient (Wildman–Crippen LogP) is 0.801. The maximum Gasteiger partial charge on any atom is 0.246 e. The van der Waals surface area contributed by atoms with Crippen molar-refractivity contribution in [3.8, 4) is 6.07 Å². The van der Waals surface area contributed by atoms with Crippen LogP contribution in [0.25, 0.3) is 0 Å². The molecule has 16 heavy (non-hydrogen) atoms. The number of nitrogens with one attached hydrogen (secondary N) is 1. The Labute approximate surface area is 93.0 Å². The first-order valence-electron chi connectivity index (χ1n) is 4.34. The second-order valence-electron chi connectivity index (χ2n) is 3.63. The SMILES string of the molecule is CC(C)(C#N)NS(=O)(=O)c1cccnc1F. The van der Waals surface area contributed by atoms with Gasteiger partial charge in [-0.15, -0.1) is 0 Å². The van der Waals surface area contributed by atoms with Gasteiger partial charge in [0.1, 0.15) is 10.4 Å². The summed E-state index contributed by atoms with van der Waals surface area (Å²) >= 11 is 0. The van der Waals surface area contributed by atoms with E-state index in [1.165, 1.54) is 19.9 Å². The molecule has 1 N–H and O–H groups in total. The van der Waals surface area contributed by atoms with Crippen LogP contribution in [0, 0.1) is 17.3 Å². The average Bonchev–Trinajstić information content (AvgIpc) is 2.16. The largest absolute Gasteiger partial charge is 0.246 e. The first-order chi connectivity index (χ1) is 7.28. The summed E-state index contributed by atoms with van der Waals surface area (Å²) in [7, 11) is -4.07. The summed E-state index contributed by atoms with van der Waals surface area (Å²) < 4.78 is 38.6. The van der Waals surface area contributed by atoms with Crippen LogP contribution in [0.2, 0.25) is 0 Å². The standard InChI is InChI=1S/C9H10FN3O2S/c1-9(2,6-11)13-16(14,15)7-4-3-5-12-8(7)10/h3-5,13H,1-2H3. The molecule has 0 bridgehead atoms. The molecule has 0 aliphatic heterocycles. The Balaban J connectivity index is 3.16. The molecule has 7 heteroatoms. The number of nitrogens with zero attached hydrogens (tertiary/aromatic N) is 2. The molecule has 86 valence electrons. The molecule has 0 spiro atoms. The van der Waals surface area contributed by atoms with Crippen LogP contribution in [-0.4, -0.2) is 18.9 Å². The summed E-state index contributed by atoms with van der Waals surface area (Å²) in [6, 6.07) is 4.14. The van der Waals surface area contributed by atoms with Gasteiger partial charge in [0.15, 0.2) is 0 Å². The van der Waals surface area contributed by atoms with Crippen molar-refractivity contribution in [1.82, 2.24) is 9.71 Å². The minimum atomic E-state index is -4.07. The van der Waals surface area contributed by atoms with Crippen LogP contribution in [0.4, 0.5) is 4.39 Å². The predicted molar refractivity (Wildman–Crippen MR) is 54.2 cm³/mol. The highest BCUT2D eigenvalue weighted by atomic mass is 32.2. The van der Waals surface area contributed by atoms with Gasteiger partial charge in [0.25, 0.3) is 0 Å². The van der Waals surface area contributed by atoms with Crippen LogP contribution in [0.5, 0.6) is 0 Å². The van der Waals surface area contributed by atoms with E-state index in [1.807, 2.05) is 0 Å². The quantitative estimate of drug-likeness (QED) is 0.796. The summed E-state index contributed by atoms with van der Waals surface area (Å²) in [6.07, 6.45) is 1.14. The fourth-order valence-electron chi connectivity index (χ4n) is 0.985. The molecule has 0 fully saturated rings. The van der Waals surface area contributed by atoms with Crippen molar-refractivity contribution in [2.24, 2.45) is 0 Å². The zero-order valence-electron chi connectivity index (χ0n) is 8.73. The maximum atomic E-state index is 13.2. The molecule has 5 nitrogen and oxygen atoms in total. The number of pyridine rings is 1. The van der Waals surface area contributed by atoms with E-state index < -0.39 is 26.4 Å². The third kappa shape index (κ3) is 2.74. The monoisotopic (exact) mass is 243 g/mol. The van der Waals surface area contributed by atoms with Gasteiger partial charge in [-0.2, -0.15) is 14.4 Å².